The molecule has 4 rings (SSSR count). The van der Waals surface area contributed by atoms with Crippen LogP contribution in [0.5, 0.6) is 0 Å². The van der Waals surface area contributed by atoms with E-state index in [4.69, 9.17) is 11.1 Å². The van der Waals surface area contributed by atoms with Gasteiger partial charge in [-0.05, 0) is 55.0 Å². The van der Waals surface area contributed by atoms with Gasteiger partial charge in [0.15, 0.2) is 5.65 Å². The van der Waals surface area contributed by atoms with E-state index in [0.717, 1.165) is 11.1 Å². The molecule has 4 aromatic rings. The predicted octanol–water partition coefficient (Wildman–Crippen LogP) is 4.17. The van der Waals surface area contributed by atoms with Crippen LogP contribution in [0.4, 0.5) is 11.4 Å². The average Bonchev–Trinajstić information content (AvgIpc) is 3.27. The summed E-state index contributed by atoms with van der Waals surface area (Å²) >= 11 is 0. The van der Waals surface area contributed by atoms with Gasteiger partial charge in [0.2, 0.25) is 0 Å². The third kappa shape index (κ3) is 4.65. The number of nitrogens with zero attached hydrogens (tertiary/aromatic N) is 2. The summed E-state index contributed by atoms with van der Waals surface area (Å²) in [6.45, 7) is 2.12. The summed E-state index contributed by atoms with van der Waals surface area (Å²) in [5.41, 5.74) is 11.3. The summed E-state index contributed by atoms with van der Waals surface area (Å²) in [5.74, 6) is 0.366. The van der Waals surface area contributed by atoms with Gasteiger partial charge in [0.25, 0.3) is 5.91 Å². The third-order valence-electron chi connectivity index (χ3n) is 4.96. The number of carbonyl (C=O) groups is 1. The quantitative estimate of drug-likeness (QED) is 0.283. The Bertz CT molecular complexity index is 1280. The van der Waals surface area contributed by atoms with E-state index in [0.29, 0.717) is 46.2 Å². The molecule has 0 aliphatic rings. The van der Waals surface area contributed by atoms with Crippen LogP contribution < -0.4 is 16.4 Å². The fraction of sp³-hybridized carbons (Fsp3) is 0.0833. The van der Waals surface area contributed by atoms with Crippen LogP contribution >= 0.6 is 0 Å². The first kappa shape index (κ1) is 20.8. The van der Waals surface area contributed by atoms with E-state index in [1.165, 1.54) is 6.21 Å². The fourth-order valence-corrected chi connectivity index (χ4v) is 3.13. The SMILES string of the molecule is C/C(C=N)=C(/N)CNc1cc(C(=O)Nc2ccccc2)cc(-c2nc3ncccc3[nH]2)c1. The van der Waals surface area contributed by atoms with E-state index < -0.39 is 0 Å². The molecule has 2 aromatic carbocycles. The van der Waals surface area contributed by atoms with Gasteiger partial charge < -0.3 is 26.8 Å². The van der Waals surface area contributed by atoms with Gasteiger partial charge in [-0.25, -0.2) is 9.97 Å². The molecule has 32 heavy (non-hydrogen) atoms. The van der Waals surface area contributed by atoms with Crippen molar-refractivity contribution in [3.05, 3.63) is 83.7 Å². The van der Waals surface area contributed by atoms with Crippen molar-refractivity contribution >= 4 is 34.7 Å². The molecule has 0 radical (unpaired) electrons. The zero-order valence-electron chi connectivity index (χ0n) is 17.5. The molecule has 0 unspecified atom stereocenters. The van der Waals surface area contributed by atoms with Gasteiger partial charge in [0.05, 0.1) is 12.1 Å². The number of allylic oxidation sites excluding steroid dienone is 1. The summed E-state index contributed by atoms with van der Waals surface area (Å²) in [7, 11) is 0. The van der Waals surface area contributed by atoms with Gasteiger partial charge in [0, 0.05) is 40.6 Å². The molecular weight excluding hydrogens is 402 g/mol. The Labute approximate surface area is 185 Å². The summed E-state index contributed by atoms with van der Waals surface area (Å²) in [6, 6.07) is 18.4. The van der Waals surface area contributed by atoms with Crippen LogP contribution in [0.15, 0.2) is 78.1 Å². The van der Waals surface area contributed by atoms with Crippen molar-refractivity contribution < 1.29 is 4.79 Å². The topological polar surface area (TPSA) is 133 Å². The van der Waals surface area contributed by atoms with Crippen molar-refractivity contribution in [2.45, 2.75) is 6.92 Å². The second kappa shape index (κ2) is 9.13. The van der Waals surface area contributed by atoms with Gasteiger partial charge in [-0.2, -0.15) is 0 Å². The highest BCUT2D eigenvalue weighted by Gasteiger charge is 2.13. The van der Waals surface area contributed by atoms with Crippen LogP contribution in [0.2, 0.25) is 0 Å². The molecule has 0 aliphatic heterocycles. The zero-order chi connectivity index (χ0) is 22.5. The molecule has 2 heterocycles. The van der Waals surface area contributed by atoms with E-state index in [9.17, 15) is 4.79 Å². The summed E-state index contributed by atoms with van der Waals surface area (Å²) < 4.78 is 0. The van der Waals surface area contributed by atoms with Crippen molar-refractivity contribution in [2.75, 3.05) is 17.2 Å². The van der Waals surface area contributed by atoms with Crippen molar-refractivity contribution in [1.29, 1.82) is 5.41 Å². The minimum Gasteiger partial charge on any atom is -0.400 e. The highest BCUT2D eigenvalue weighted by Crippen LogP contribution is 2.25. The number of nitrogens with one attached hydrogen (secondary N) is 4. The number of anilines is 2. The number of H-pyrrole nitrogens is 1. The van der Waals surface area contributed by atoms with Crippen LogP contribution in [0, 0.1) is 5.41 Å². The number of hydrogen-bond donors (Lipinski definition) is 5. The van der Waals surface area contributed by atoms with Crippen molar-refractivity contribution in [1.82, 2.24) is 15.0 Å². The molecular formula is C24H23N7O. The van der Waals surface area contributed by atoms with Crippen LogP contribution in [0.25, 0.3) is 22.6 Å². The number of aromatic nitrogens is 3. The predicted molar refractivity (Wildman–Crippen MR) is 128 cm³/mol. The molecule has 0 atom stereocenters. The lowest BCUT2D eigenvalue weighted by molar-refractivity contribution is 0.102. The van der Waals surface area contributed by atoms with E-state index in [1.807, 2.05) is 48.5 Å². The van der Waals surface area contributed by atoms with Gasteiger partial charge >= 0.3 is 0 Å². The zero-order valence-corrected chi connectivity index (χ0v) is 17.5. The van der Waals surface area contributed by atoms with E-state index >= 15 is 0 Å². The van der Waals surface area contributed by atoms with E-state index in [2.05, 4.69) is 25.6 Å². The smallest absolute Gasteiger partial charge is 0.255 e. The first-order valence-corrected chi connectivity index (χ1v) is 10.1. The Morgan fingerprint density at radius 3 is 2.69 bits per heavy atom. The maximum absolute atomic E-state index is 13.0. The number of benzene rings is 2. The average molecular weight is 425 g/mol. The van der Waals surface area contributed by atoms with E-state index in [-0.39, 0.29) is 5.91 Å². The highest BCUT2D eigenvalue weighted by atomic mass is 16.1. The molecule has 0 aliphatic carbocycles. The highest BCUT2D eigenvalue weighted by molar-refractivity contribution is 6.05. The van der Waals surface area contributed by atoms with Gasteiger partial charge in [-0.1, -0.05) is 18.2 Å². The Morgan fingerprint density at radius 1 is 1.12 bits per heavy atom. The second-order valence-electron chi connectivity index (χ2n) is 7.29. The molecule has 0 bridgehead atoms. The number of fused-ring (bicyclic) bond motifs is 1. The number of amides is 1. The third-order valence-corrected chi connectivity index (χ3v) is 4.96. The molecule has 6 N–H and O–H groups in total. The number of carbonyl (C=O) groups excluding carboxylic acids is 1. The first-order valence-electron chi connectivity index (χ1n) is 10.1. The van der Waals surface area contributed by atoms with Crippen molar-refractivity contribution in [3.8, 4) is 11.4 Å². The molecule has 2 aromatic heterocycles. The number of para-hydroxylation sites is 1. The minimum atomic E-state index is -0.241. The molecule has 1 amide bonds. The Balaban J connectivity index is 1.70. The Kier molecular flexibility index (Phi) is 5.94. The largest absolute Gasteiger partial charge is 0.400 e. The maximum atomic E-state index is 13.0. The number of rotatable bonds is 7. The maximum Gasteiger partial charge on any atom is 0.255 e. The molecule has 0 saturated carbocycles. The summed E-state index contributed by atoms with van der Waals surface area (Å²) in [4.78, 5) is 25.0. The van der Waals surface area contributed by atoms with Crippen LogP contribution in [0.1, 0.15) is 17.3 Å². The van der Waals surface area contributed by atoms with Gasteiger partial charge in [-0.15, -0.1) is 0 Å². The van der Waals surface area contributed by atoms with Crippen molar-refractivity contribution in [2.24, 2.45) is 5.73 Å². The molecule has 0 saturated heterocycles. The van der Waals surface area contributed by atoms with Crippen LogP contribution in [-0.4, -0.2) is 33.6 Å². The van der Waals surface area contributed by atoms with Crippen LogP contribution in [0.3, 0.4) is 0 Å². The van der Waals surface area contributed by atoms with E-state index in [1.54, 1.807) is 25.3 Å². The lowest BCUT2D eigenvalue weighted by Crippen LogP contribution is -2.15. The molecule has 0 fully saturated rings. The molecule has 8 nitrogen and oxygen atoms in total. The number of hydrogen-bond acceptors (Lipinski definition) is 6. The number of imidazole rings is 1. The second-order valence-corrected chi connectivity index (χ2v) is 7.29. The monoisotopic (exact) mass is 425 g/mol. The number of aromatic amines is 1. The normalized spacial score (nSPS) is 11.7. The lowest BCUT2D eigenvalue weighted by atomic mass is 10.1. The van der Waals surface area contributed by atoms with Gasteiger partial charge in [-0.3, -0.25) is 4.79 Å². The molecule has 160 valence electrons. The minimum absolute atomic E-state index is 0.241. The van der Waals surface area contributed by atoms with Crippen molar-refractivity contribution in [3.63, 3.8) is 0 Å². The molecule has 0 spiro atoms. The standard InChI is InChI=1S/C24H23N7O/c1-15(13-25)20(26)14-28-19-11-16(22-30-21-8-5-9-27-23(21)31-22)10-17(12-19)24(32)29-18-6-3-2-4-7-18/h2-13,25,28H,14,26H2,1H3,(H,29,32)(H,27,30,31)/b20-15-,25-13?. The lowest BCUT2D eigenvalue weighted by Gasteiger charge is -2.12. The summed E-state index contributed by atoms with van der Waals surface area (Å²) in [5, 5.41) is 13.5. The number of nitrogens with two attached hydrogens (primary N) is 1. The Hall–Kier alpha value is -4.46. The molecule has 8 heteroatoms. The summed E-state index contributed by atoms with van der Waals surface area (Å²) in [6.07, 6.45) is 2.90. The van der Waals surface area contributed by atoms with Gasteiger partial charge in [0.1, 0.15) is 5.82 Å². The number of pyridine rings is 1. The van der Waals surface area contributed by atoms with Crippen LogP contribution in [-0.2, 0) is 0 Å². The fourth-order valence-electron chi connectivity index (χ4n) is 3.13. The first-order chi connectivity index (χ1) is 15.5. The Morgan fingerprint density at radius 2 is 1.94 bits per heavy atom.